The Hall–Kier alpha value is -4.21. The normalized spacial score (nSPS) is 17.6. The lowest BCUT2D eigenvalue weighted by atomic mass is 9.83. The van der Waals surface area contributed by atoms with Gasteiger partial charge in [0.25, 0.3) is 0 Å². The monoisotopic (exact) mass is 486 g/mol. The molecule has 0 aliphatic heterocycles. The third-order valence-electron chi connectivity index (χ3n) is 6.61. The van der Waals surface area contributed by atoms with E-state index in [0.29, 0.717) is 35.4 Å². The van der Waals surface area contributed by atoms with Gasteiger partial charge in [-0.25, -0.2) is 14.6 Å². The van der Waals surface area contributed by atoms with E-state index in [1.807, 2.05) is 23.7 Å². The number of rotatable bonds is 8. The van der Waals surface area contributed by atoms with Crippen LogP contribution < -0.4 is 9.47 Å². The largest absolute Gasteiger partial charge is 0.436 e. The van der Waals surface area contributed by atoms with Gasteiger partial charge in [-0.15, -0.1) is 4.91 Å². The molecule has 0 radical (unpaired) electrons. The van der Waals surface area contributed by atoms with E-state index in [2.05, 4.69) is 25.2 Å². The van der Waals surface area contributed by atoms with Crippen LogP contribution >= 0.6 is 0 Å². The number of nitrogens with zero attached hydrogens (tertiary/aromatic N) is 6. The number of hydrogen-bond acceptors (Lipinski definition) is 9. The Kier molecular flexibility index (Phi) is 6.92. The molecule has 1 saturated carbocycles. The zero-order chi connectivity index (χ0) is 24.9. The van der Waals surface area contributed by atoms with Crippen LogP contribution in [0.4, 0.5) is 5.69 Å². The van der Waals surface area contributed by atoms with Crippen molar-refractivity contribution in [2.24, 2.45) is 11.1 Å². The van der Waals surface area contributed by atoms with E-state index in [1.165, 1.54) is 18.5 Å². The molecule has 0 spiro atoms. The molecular formula is C26H26N6O4. The van der Waals surface area contributed by atoms with E-state index in [1.54, 1.807) is 24.5 Å². The Bertz CT molecular complexity index is 1360. The zero-order valence-corrected chi connectivity index (χ0v) is 19.9. The molecule has 1 aliphatic rings. The number of carbonyl (C=O) groups excluding carboxylic acids is 1. The molecule has 1 fully saturated rings. The lowest BCUT2D eigenvalue weighted by Crippen LogP contribution is -2.20. The van der Waals surface area contributed by atoms with Crippen LogP contribution in [-0.4, -0.2) is 30.7 Å². The third kappa shape index (κ3) is 5.22. The summed E-state index contributed by atoms with van der Waals surface area (Å²) < 4.78 is 13.4. The Balaban J connectivity index is 1.16. The van der Waals surface area contributed by atoms with E-state index in [4.69, 9.17) is 9.47 Å². The molecule has 4 aromatic rings. The van der Waals surface area contributed by atoms with Gasteiger partial charge in [0.15, 0.2) is 11.4 Å². The molecule has 10 heteroatoms. The maximum absolute atomic E-state index is 12.2. The van der Waals surface area contributed by atoms with E-state index >= 15 is 0 Å². The van der Waals surface area contributed by atoms with E-state index < -0.39 is 0 Å². The van der Waals surface area contributed by atoms with Crippen molar-refractivity contribution in [1.82, 2.24) is 24.7 Å². The maximum Gasteiger partial charge on any atom is 0.311 e. The van der Waals surface area contributed by atoms with Gasteiger partial charge in [0, 0.05) is 12.6 Å². The Morgan fingerprint density at radius 1 is 1.08 bits per heavy atom. The van der Waals surface area contributed by atoms with Crippen molar-refractivity contribution >= 4 is 22.7 Å². The van der Waals surface area contributed by atoms with Crippen molar-refractivity contribution in [2.75, 3.05) is 0 Å². The average Bonchev–Trinajstić information content (AvgIpc) is 3.35. The van der Waals surface area contributed by atoms with Crippen molar-refractivity contribution in [3.8, 4) is 17.4 Å². The molecule has 5 rings (SSSR count). The van der Waals surface area contributed by atoms with Gasteiger partial charge in [-0.2, -0.15) is 5.10 Å². The van der Waals surface area contributed by atoms with E-state index in [0.717, 1.165) is 48.8 Å². The first-order valence-electron chi connectivity index (χ1n) is 12.0. The first-order chi connectivity index (χ1) is 17.6. The number of esters is 1. The van der Waals surface area contributed by atoms with Gasteiger partial charge in [0.2, 0.25) is 5.88 Å². The van der Waals surface area contributed by atoms with Gasteiger partial charge in [0.05, 0.1) is 17.9 Å². The SMILES string of the molecule is Cc1ncccc1Oc1ncnc2c1cnn2C1CCC(CCC(=O)Oc2ccc(N=O)cc2)CC1. The van der Waals surface area contributed by atoms with Crippen molar-refractivity contribution in [2.45, 2.75) is 51.5 Å². The first-order valence-corrected chi connectivity index (χ1v) is 12.0. The van der Waals surface area contributed by atoms with Crippen LogP contribution in [-0.2, 0) is 4.79 Å². The molecule has 3 aromatic heterocycles. The Morgan fingerprint density at radius 2 is 1.89 bits per heavy atom. The number of fused-ring (bicyclic) bond motifs is 1. The molecule has 1 aliphatic carbocycles. The molecular weight excluding hydrogens is 460 g/mol. The molecule has 36 heavy (non-hydrogen) atoms. The second-order valence-corrected chi connectivity index (χ2v) is 8.97. The summed E-state index contributed by atoms with van der Waals surface area (Å²) in [5, 5.41) is 8.23. The number of aryl methyl sites for hydroxylation is 1. The van der Waals surface area contributed by atoms with E-state index in [9.17, 15) is 9.70 Å². The summed E-state index contributed by atoms with van der Waals surface area (Å²) in [6, 6.07) is 10.1. The summed E-state index contributed by atoms with van der Waals surface area (Å²) in [4.78, 5) is 35.8. The summed E-state index contributed by atoms with van der Waals surface area (Å²) in [5.41, 5.74) is 1.84. The lowest BCUT2D eigenvalue weighted by Gasteiger charge is -2.28. The highest BCUT2D eigenvalue weighted by Gasteiger charge is 2.26. The second-order valence-electron chi connectivity index (χ2n) is 8.97. The van der Waals surface area contributed by atoms with Crippen molar-refractivity contribution in [1.29, 1.82) is 0 Å². The minimum absolute atomic E-state index is 0.235. The molecule has 0 saturated heterocycles. The molecule has 10 nitrogen and oxygen atoms in total. The molecule has 0 bridgehead atoms. The third-order valence-corrected chi connectivity index (χ3v) is 6.61. The number of benzene rings is 1. The summed E-state index contributed by atoms with van der Waals surface area (Å²) in [6.07, 6.45) is 10.0. The van der Waals surface area contributed by atoms with Crippen LogP contribution in [0.2, 0.25) is 0 Å². The molecule has 3 heterocycles. The maximum atomic E-state index is 12.2. The van der Waals surface area contributed by atoms with Crippen LogP contribution in [0.5, 0.6) is 17.4 Å². The van der Waals surface area contributed by atoms with Crippen molar-refractivity contribution in [3.05, 3.63) is 65.7 Å². The predicted octanol–water partition coefficient (Wildman–Crippen LogP) is 5.84. The molecule has 0 unspecified atom stereocenters. The van der Waals surface area contributed by atoms with Gasteiger partial charge in [-0.1, -0.05) is 0 Å². The molecule has 0 N–H and O–H groups in total. The fourth-order valence-corrected chi connectivity index (χ4v) is 4.63. The predicted molar refractivity (Wildman–Crippen MR) is 132 cm³/mol. The van der Waals surface area contributed by atoms with E-state index in [-0.39, 0.29) is 12.0 Å². The average molecular weight is 487 g/mol. The highest BCUT2D eigenvalue weighted by Crippen LogP contribution is 2.37. The van der Waals surface area contributed by atoms with Crippen LogP contribution in [0.1, 0.15) is 50.3 Å². The van der Waals surface area contributed by atoms with Crippen LogP contribution in [0.3, 0.4) is 0 Å². The standard InChI is InChI=1S/C26H26N6O4/c1-17-23(3-2-14-27-17)36-26-22-15-30-32(25(22)28-16-29-26)20-9-4-18(5-10-20)6-13-24(33)35-21-11-7-19(31-34)8-12-21/h2-3,7-8,11-12,14-16,18,20H,4-6,9-10,13H2,1H3. The summed E-state index contributed by atoms with van der Waals surface area (Å²) in [7, 11) is 0. The second kappa shape index (κ2) is 10.6. The fraction of sp³-hybridized carbons (Fsp3) is 0.346. The van der Waals surface area contributed by atoms with Crippen molar-refractivity contribution < 1.29 is 14.3 Å². The number of nitroso groups, excluding NO2 is 1. The van der Waals surface area contributed by atoms with Gasteiger partial charge in [-0.3, -0.25) is 9.78 Å². The molecule has 184 valence electrons. The van der Waals surface area contributed by atoms with Gasteiger partial charge >= 0.3 is 5.97 Å². The molecule has 0 amide bonds. The summed E-state index contributed by atoms with van der Waals surface area (Å²) >= 11 is 0. The first kappa shape index (κ1) is 23.5. The fourth-order valence-electron chi connectivity index (χ4n) is 4.63. The van der Waals surface area contributed by atoms with Gasteiger partial charge in [0.1, 0.15) is 23.2 Å². The summed E-state index contributed by atoms with van der Waals surface area (Å²) in [6.45, 7) is 1.89. The number of pyridine rings is 1. The minimum atomic E-state index is -0.268. The Labute approximate surface area is 207 Å². The number of aromatic nitrogens is 5. The Morgan fingerprint density at radius 3 is 2.64 bits per heavy atom. The van der Waals surface area contributed by atoms with Crippen LogP contribution in [0, 0.1) is 17.7 Å². The highest BCUT2D eigenvalue weighted by atomic mass is 16.5. The number of hydrogen-bond donors (Lipinski definition) is 0. The minimum Gasteiger partial charge on any atom is -0.436 e. The lowest BCUT2D eigenvalue weighted by molar-refractivity contribution is -0.134. The molecule has 0 atom stereocenters. The smallest absolute Gasteiger partial charge is 0.311 e. The topological polar surface area (TPSA) is 121 Å². The number of carbonyl (C=O) groups is 1. The quantitative estimate of drug-likeness (QED) is 0.173. The van der Waals surface area contributed by atoms with Gasteiger partial charge in [-0.05, 0) is 86.5 Å². The highest BCUT2D eigenvalue weighted by molar-refractivity contribution is 5.80. The van der Waals surface area contributed by atoms with Crippen LogP contribution in [0.25, 0.3) is 11.0 Å². The zero-order valence-electron chi connectivity index (χ0n) is 19.9. The number of ether oxygens (including phenoxy) is 2. The van der Waals surface area contributed by atoms with Gasteiger partial charge < -0.3 is 9.47 Å². The van der Waals surface area contributed by atoms with Crippen LogP contribution in [0.15, 0.2) is 60.3 Å². The van der Waals surface area contributed by atoms with Crippen molar-refractivity contribution in [3.63, 3.8) is 0 Å². The molecule has 1 aromatic carbocycles. The summed E-state index contributed by atoms with van der Waals surface area (Å²) in [5.74, 6) is 1.73.